The number of anilines is 1. The number of hydrogen-bond donors (Lipinski definition) is 1. The number of nitrogens with two attached hydrogens (primary N) is 1. The van der Waals surface area contributed by atoms with Gasteiger partial charge in [0.2, 0.25) is 5.95 Å². The normalized spacial score (nSPS) is 11.8. The fraction of sp³-hybridized carbons (Fsp3) is 0.267. The highest BCUT2D eigenvalue weighted by molar-refractivity contribution is 7.90. The molecule has 0 unspecified atom stereocenters. The van der Waals surface area contributed by atoms with E-state index in [1.54, 1.807) is 35.4 Å². The number of nitrogens with zero attached hydrogens (tertiary/aromatic N) is 4. The zero-order chi connectivity index (χ0) is 17.3. The molecular weight excluding hydrogens is 330 g/mol. The summed E-state index contributed by atoms with van der Waals surface area (Å²) < 4.78 is 30.0. The Bertz CT molecular complexity index is 984. The van der Waals surface area contributed by atoms with Crippen molar-refractivity contribution in [2.24, 2.45) is 0 Å². The summed E-state index contributed by atoms with van der Waals surface area (Å²) in [5, 5.41) is 0.613. The summed E-state index contributed by atoms with van der Waals surface area (Å²) in [5.41, 5.74) is 7.75. The molecule has 24 heavy (non-hydrogen) atoms. The molecule has 2 N–H and O–H groups in total. The van der Waals surface area contributed by atoms with Crippen LogP contribution in [-0.4, -0.2) is 47.1 Å². The van der Waals surface area contributed by atoms with Crippen molar-refractivity contribution < 1.29 is 13.2 Å². The average Bonchev–Trinajstić information content (AvgIpc) is 3.06. The number of methoxy groups -OCH3 is 1. The van der Waals surface area contributed by atoms with Crippen molar-refractivity contribution in [1.82, 2.24) is 19.5 Å². The van der Waals surface area contributed by atoms with Gasteiger partial charge in [-0.25, -0.2) is 23.4 Å². The molecule has 0 radical (unpaired) electrons. The van der Waals surface area contributed by atoms with Crippen molar-refractivity contribution in [3.05, 3.63) is 36.5 Å². The van der Waals surface area contributed by atoms with Crippen molar-refractivity contribution in [2.45, 2.75) is 6.42 Å². The topological polar surface area (TPSA) is 113 Å². The second kappa shape index (κ2) is 6.08. The quantitative estimate of drug-likeness (QED) is 0.685. The number of nitrogen functional groups attached to an aromatic ring is 1. The molecule has 1 aromatic carbocycles. The SMILES string of the molecule is COc1ccc2nc(-n3ccnc3)nc(CCS(C)(=O)=O)c2c1N. The maximum atomic E-state index is 11.5. The maximum Gasteiger partial charge on any atom is 0.235 e. The van der Waals surface area contributed by atoms with E-state index in [-0.39, 0.29) is 12.2 Å². The molecular formula is C15H17N5O3S. The fourth-order valence-electron chi connectivity index (χ4n) is 2.43. The van der Waals surface area contributed by atoms with Gasteiger partial charge in [-0.3, -0.25) is 4.57 Å². The Morgan fingerprint density at radius 1 is 1.29 bits per heavy atom. The lowest BCUT2D eigenvalue weighted by atomic mass is 10.1. The number of ether oxygens (including phenoxy) is 1. The van der Waals surface area contributed by atoms with E-state index < -0.39 is 9.84 Å². The predicted octanol–water partition coefficient (Wildman–Crippen LogP) is 0.993. The molecule has 126 valence electrons. The number of sulfone groups is 1. The molecule has 2 heterocycles. The molecule has 2 aromatic heterocycles. The van der Waals surface area contributed by atoms with Crippen LogP contribution >= 0.6 is 0 Å². The molecule has 0 aliphatic carbocycles. The van der Waals surface area contributed by atoms with Gasteiger partial charge in [0, 0.05) is 30.5 Å². The van der Waals surface area contributed by atoms with Crippen LogP contribution in [0.3, 0.4) is 0 Å². The zero-order valence-electron chi connectivity index (χ0n) is 13.3. The summed E-state index contributed by atoms with van der Waals surface area (Å²) in [7, 11) is -1.62. The first kappa shape index (κ1) is 16.2. The molecule has 0 atom stereocenters. The Morgan fingerprint density at radius 2 is 2.08 bits per heavy atom. The molecule has 0 saturated carbocycles. The molecule has 3 rings (SSSR count). The minimum atomic E-state index is -3.14. The van der Waals surface area contributed by atoms with Crippen LogP contribution in [0, 0.1) is 0 Å². The summed E-state index contributed by atoms with van der Waals surface area (Å²) in [5.74, 6) is 0.884. The first-order valence-corrected chi connectivity index (χ1v) is 9.24. The third kappa shape index (κ3) is 3.16. The smallest absolute Gasteiger partial charge is 0.235 e. The number of hydrogen-bond acceptors (Lipinski definition) is 7. The molecule has 0 saturated heterocycles. The van der Waals surface area contributed by atoms with Crippen LogP contribution in [0.25, 0.3) is 16.9 Å². The molecule has 0 fully saturated rings. The summed E-state index contributed by atoms with van der Waals surface area (Å²) in [6, 6.07) is 3.50. The van der Waals surface area contributed by atoms with E-state index in [0.717, 1.165) is 0 Å². The first-order valence-electron chi connectivity index (χ1n) is 7.18. The van der Waals surface area contributed by atoms with Crippen molar-refractivity contribution in [3.63, 3.8) is 0 Å². The molecule has 3 aromatic rings. The van der Waals surface area contributed by atoms with E-state index >= 15 is 0 Å². The lowest BCUT2D eigenvalue weighted by molar-refractivity contribution is 0.417. The van der Waals surface area contributed by atoms with Crippen molar-refractivity contribution >= 4 is 26.4 Å². The second-order valence-electron chi connectivity index (χ2n) is 5.40. The number of aryl methyl sites for hydroxylation is 1. The first-order chi connectivity index (χ1) is 11.4. The number of benzene rings is 1. The minimum Gasteiger partial charge on any atom is -0.495 e. The number of aromatic nitrogens is 4. The van der Waals surface area contributed by atoms with Crippen LogP contribution in [0.15, 0.2) is 30.9 Å². The highest BCUT2D eigenvalue weighted by Gasteiger charge is 2.16. The largest absolute Gasteiger partial charge is 0.495 e. The van der Waals surface area contributed by atoms with Crippen molar-refractivity contribution in [2.75, 3.05) is 24.9 Å². The summed E-state index contributed by atoms with van der Waals surface area (Å²) in [4.78, 5) is 13.0. The Morgan fingerprint density at radius 3 is 2.71 bits per heavy atom. The lowest BCUT2D eigenvalue weighted by Crippen LogP contribution is -2.11. The van der Waals surface area contributed by atoms with Crippen LogP contribution in [0.5, 0.6) is 5.75 Å². The van der Waals surface area contributed by atoms with Gasteiger partial charge in [0.1, 0.15) is 21.9 Å². The van der Waals surface area contributed by atoms with Gasteiger partial charge in [-0.2, -0.15) is 0 Å². The standard InChI is InChI=1S/C15H17N5O3S/c1-23-12-4-3-10-13(14(12)16)11(5-8-24(2,21)22)19-15(18-10)20-7-6-17-9-20/h3-4,6-7,9H,5,8,16H2,1-2H3. The van der Waals surface area contributed by atoms with Crippen LogP contribution in [0.4, 0.5) is 5.69 Å². The van der Waals surface area contributed by atoms with E-state index in [4.69, 9.17) is 10.5 Å². The summed E-state index contributed by atoms with van der Waals surface area (Å²) >= 11 is 0. The third-order valence-electron chi connectivity index (χ3n) is 3.59. The molecule has 9 heteroatoms. The monoisotopic (exact) mass is 347 g/mol. The summed E-state index contributed by atoms with van der Waals surface area (Å²) in [6.45, 7) is 0. The Labute approximate surface area is 139 Å². The molecule has 8 nitrogen and oxygen atoms in total. The van der Waals surface area contributed by atoms with E-state index in [1.807, 2.05) is 0 Å². The van der Waals surface area contributed by atoms with Crippen molar-refractivity contribution in [3.8, 4) is 11.7 Å². The Kier molecular flexibility index (Phi) is 4.10. The molecule has 0 spiro atoms. The molecule has 0 amide bonds. The Hall–Kier alpha value is -2.68. The van der Waals surface area contributed by atoms with Gasteiger partial charge >= 0.3 is 0 Å². The van der Waals surface area contributed by atoms with Gasteiger partial charge in [0.25, 0.3) is 0 Å². The average molecular weight is 347 g/mol. The summed E-state index contributed by atoms with van der Waals surface area (Å²) in [6.07, 6.45) is 6.34. The van der Waals surface area contributed by atoms with Crippen molar-refractivity contribution in [1.29, 1.82) is 0 Å². The predicted molar refractivity (Wildman–Crippen MR) is 91.0 cm³/mol. The van der Waals surface area contributed by atoms with Gasteiger partial charge in [0.05, 0.1) is 29.8 Å². The molecule has 0 bridgehead atoms. The molecule has 0 aliphatic rings. The highest BCUT2D eigenvalue weighted by Crippen LogP contribution is 2.32. The van der Waals surface area contributed by atoms with Gasteiger partial charge in [-0.15, -0.1) is 0 Å². The van der Waals surface area contributed by atoms with Gasteiger partial charge in [0.15, 0.2) is 0 Å². The van der Waals surface area contributed by atoms with E-state index in [2.05, 4.69) is 15.0 Å². The van der Waals surface area contributed by atoms with Crippen LogP contribution < -0.4 is 10.5 Å². The number of rotatable bonds is 5. The van der Waals surface area contributed by atoms with E-state index in [1.165, 1.54) is 13.4 Å². The number of fused-ring (bicyclic) bond motifs is 1. The third-order valence-corrected chi connectivity index (χ3v) is 4.54. The van der Waals surface area contributed by atoms with Gasteiger partial charge in [-0.1, -0.05) is 0 Å². The lowest BCUT2D eigenvalue weighted by Gasteiger charge is -2.13. The molecule has 0 aliphatic heterocycles. The maximum absolute atomic E-state index is 11.5. The van der Waals surface area contributed by atoms with Crippen LogP contribution in [-0.2, 0) is 16.3 Å². The second-order valence-corrected chi connectivity index (χ2v) is 7.66. The zero-order valence-corrected chi connectivity index (χ0v) is 14.1. The van der Waals surface area contributed by atoms with Gasteiger partial charge in [-0.05, 0) is 12.1 Å². The number of imidazole rings is 1. The highest BCUT2D eigenvalue weighted by atomic mass is 32.2. The van der Waals surface area contributed by atoms with Crippen LogP contribution in [0.1, 0.15) is 5.69 Å². The van der Waals surface area contributed by atoms with E-state index in [9.17, 15) is 8.42 Å². The van der Waals surface area contributed by atoms with Gasteiger partial charge < -0.3 is 10.5 Å². The Balaban J connectivity index is 2.22. The fourth-order valence-corrected chi connectivity index (χ4v) is 2.99. The minimum absolute atomic E-state index is 0.0286. The van der Waals surface area contributed by atoms with E-state index in [0.29, 0.717) is 34.0 Å². The van der Waals surface area contributed by atoms with Crippen LogP contribution in [0.2, 0.25) is 0 Å².